The van der Waals surface area contributed by atoms with E-state index in [1.807, 2.05) is 73.7 Å². The molecule has 0 saturated heterocycles. The Bertz CT molecular complexity index is 1580. The molecule has 37 heavy (non-hydrogen) atoms. The van der Waals surface area contributed by atoms with Crippen molar-refractivity contribution in [3.63, 3.8) is 0 Å². The predicted molar refractivity (Wildman–Crippen MR) is 143 cm³/mol. The predicted octanol–water partition coefficient (Wildman–Crippen LogP) is 5.10. The van der Waals surface area contributed by atoms with Crippen molar-refractivity contribution in [2.45, 2.75) is 19.4 Å². The van der Waals surface area contributed by atoms with Crippen LogP contribution in [0.2, 0.25) is 0 Å². The molecule has 0 bridgehead atoms. The minimum absolute atomic E-state index is 0.158. The van der Waals surface area contributed by atoms with Crippen LogP contribution in [-0.4, -0.2) is 38.0 Å². The van der Waals surface area contributed by atoms with E-state index in [1.54, 1.807) is 24.4 Å². The van der Waals surface area contributed by atoms with Crippen molar-refractivity contribution in [1.82, 2.24) is 20.3 Å². The van der Waals surface area contributed by atoms with Crippen LogP contribution in [0.25, 0.3) is 22.2 Å². The summed E-state index contributed by atoms with van der Waals surface area (Å²) in [6, 6.07) is 25.1. The van der Waals surface area contributed by atoms with Crippen molar-refractivity contribution < 1.29 is 14.7 Å². The van der Waals surface area contributed by atoms with Crippen LogP contribution in [0.15, 0.2) is 91.1 Å². The van der Waals surface area contributed by atoms with Crippen molar-refractivity contribution >= 4 is 34.3 Å². The highest BCUT2D eigenvalue weighted by molar-refractivity contribution is 5.97. The van der Waals surface area contributed by atoms with E-state index in [1.165, 1.54) is 0 Å². The molecule has 4 N–H and O–H groups in total. The molecule has 8 heteroatoms. The highest BCUT2D eigenvalue weighted by Crippen LogP contribution is 2.23. The molecule has 3 aromatic carbocycles. The summed E-state index contributed by atoms with van der Waals surface area (Å²) in [5.41, 5.74) is 4.48. The molecular formula is C29H25N5O3. The lowest BCUT2D eigenvalue weighted by molar-refractivity contribution is -0.139. The minimum Gasteiger partial charge on any atom is -0.480 e. The quantitative estimate of drug-likeness (QED) is 0.240. The number of fused-ring (bicyclic) bond motifs is 1. The van der Waals surface area contributed by atoms with E-state index in [2.05, 4.69) is 25.6 Å². The van der Waals surface area contributed by atoms with Crippen LogP contribution in [0.4, 0.5) is 11.5 Å². The minimum atomic E-state index is -1.10. The molecule has 8 nitrogen and oxygen atoms in total. The first-order chi connectivity index (χ1) is 18.0. The summed E-state index contributed by atoms with van der Waals surface area (Å²) in [7, 11) is 0. The van der Waals surface area contributed by atoms with Gasteiger partial charge < -0.3 is 20.7 Å². The molecule has 5 rings (SSSR count). The van der Waals surface area contributed by atoms with E-state index >= 15 is 0 Å². The Labute approximate surface area is 213 Å². The van der Waals surface area contributed by atoms with Gasteiger partial charge in [0.2, 0.25) is 0 Å². The number of aryl methyl sites for hydroxylation is 1. The molecule has 0 fully saturated rings. The van der Waals surface area contributed by atoms with Gasteiger partial charge >= 0.3 is 5.97 Å². The number of rotatable bonds is 8. The molecule has 0 radical (unpaired) electrons. The van der Waals surface area contributed by atoms with Gasteiger partial charge in [-0.05, 0) is 36.8 Å². The molecule has 1 amide bonds. The van der Waals surface area contributed by atoms with Gasteiger partial charge in [-0.1, -0.05) is 54.6 Å². The van der Waals surface area contributed by atoms with Gasteiger partial charge in [-0.25, -0.2) is 14.8 Å². The number of para-hydroxylation sites is 1. The van der Waals surface area contributed by atoms with Crippen LogP contribution in [0.5, 0.6) is 0 Å². The third-order valence-corrected chi connectivity index (χ3v) is 6.01. The Kier molecular flexibility index (Phi) is 6.63. The first-order valence-electron chi connectivity index (χ1n) is 11.8. The number of aromatic amines is 1. The molecule has 184 valence electrons. The van der Waals surface area contributed by atoms with Crippen LogP contribution in [0.3, 0.4) is 0 Å². The van der Waals surface area contributed by atoms with Crippen molar-refractivity contribution in [3.05, 3.63) is 108 Å². The summed E-state index contributed by atoms with van der Waals surface area (Å²) in [6.45, 7) is 1.82. The summed E-state index contributed by atoms with van der Waals surface area (Å²) in [6.07, 6.45) is 1.94. The van der Waals surface area contributed by atoms with Crippen molar-refractivity contribution in [2.75, 3.05) is 5.32 Å². The van der Waals surface area contributed by atoms with E-state index in [9.17, 15) is 14.7 Å². The summed E-state index contributed by atoms with van der Waals surface area (Å²) in [5.74, 6) is -0.372. The Morgan fingerprint density at radius 2 is 1.73 bits per heavy atom. The van der Waals surface area contributed by atoms with E-state index in [0.29, 0.717) is 22.9 Å². The number of benzene rings is 3. The van der Waals surface area contributed by atoms with Crippen LogP contribution in [0, 0.1) is 6.92 Å². The van der Waals surface area contributed by atoms with Gasteiger partial charge in [0, 0.05) is 46.4 Å². The third-order valence-electron chi connectivity index (χ3n) is 6.01. The molecule has 0 aliphatic rings. The van der Waals surface area contributed by atoms with Crippen molar-refractivity contribution in [1.29, 1.82) is 0 Å². The number of anilines is 2. The number of aromatic nitrogens is 3. The number of carbonyl (C=O) groups is 2. The third kappa shape index (κ3) is 5.48. The van der Waals surface area contributed by atoms with E-state index in [4.69, 9.17) is 0 Å². The second-order valence-electron chi connectivity index (χ2n) is 8.69. The smallest absolute Gasteiger partial charge is 0.326 e. The lowest BCUT2D eigenvalue weighted by atomic mass is 10.0. The second kappa shape index (κ2) is 10.3. The fourth-order valence-electron chi connectivity index (χ4n) is 4.24. The van der Waals surface area contributed by atoms with Crippen LogP contribution >= 0.6 is 0 Å². The summed E-state index contributed by atoms with van der Waals surface area (Å²) in [5, 5.41) is 16.6. The van der Waals surface area contributed by atoms with Crippen LogP contribution < -0.4 is 10.6 Å². The Balaban J connectivity index is 1.32. The zero-order chi connectivity index (χ0) is 25.8. The van der Waals surface area contributed by atoms with Crippen LogP contribution in [0.1, 0.15) is 21.7 Å². The average Bonchev–Trinajstić information content (AvgIpc) is 3.31. The van der Waals surface area contributed by atoms with E-state index in [-0.39, 0.29) is 6.42 Å². The van der Waals surface area contributed by atoms with Gasteiger partial charge in [0.05, 0.1) is 5.69 Å². The van der Waals surface area contributed by atoms with Crippen LogP contribution in [-0.2, 0) is 11.2 Å². The van der Waals surface area contributed by atoms with Gasteiger partial charge in [-0.2, -0.15) is 0 Å². The molecule has 0 aliphatic heterocycles. The van der Waals surface area contributed by atoms with Crippen molar-refractivity contribution in [2.24, 2.45) is 0 Å². The lowest BCUT2D eigenvalue weighted by Crippen LogP contribution is -2.42. The number of carbonyl (C=O) groups excluding carboxylic acids is 1. The molecule has 0 aliphatic carbocycles. The number of amides is 1. The maximum absolute atomic E-state index is 13.0. The SMILES string of the molecule is Cc1nc(Nc2cccc(C(=O)NC(Cc3c[nH]c4ccccc34)C(=O)O)c2)cc(-c2ccccc2)n1. The number of aliphatic carboxylic acids is 1. The Morgan fingerprint density at radius 3 is 2.54 bits per heavy atom. The molecule has 0 saturated carbocycles. The fraction of sp³-hybridized carbons (Fsp3) is 0.103. The molecule has 0 spiro atoms. The van der Waals surface area contributed by atoms with E-state index in [0.717, 1.165) is 27.7 Å². The number of nitrogens with one attached hydrogen (secondary N) is 3. The molecule has 2 aromatic heterocycles. The van der Waals surface area contributed by atoms with Gasteiger partial charge in [0.25, 0.3) is 5.91 Å². The molecule has 2 heterocycles. The Morgan fingerprint density at radius 1 is 0.946 bits per heavy atom. The number of carboxylic acids is 1. The number of hydrogen-bond donors (Lipinski definition) is 4. The first-order valence-corrected chi connectivity index (χ1v) is 11.8. The first kappa shape index (κ1) is 23.7. The lowest BCUT2D eigenvalue weighted by Gasteiger charge is -2.15. The van der Waals surface area contributed by atoms with E-state index < -0.39 is 17.9 Å². The van der Waals surface area contributed by atoms with Crippen molar-refractivity contribution in [3.8, 4) is 11.3 Å². The van der Waals surface area contributed by atoms with Gasteiger partial charge in [0.1, 0.15) is 17.7 Å². The standard InChI is InChI=1S/C29H25N5O3/c1-18-31-25(19-8-3-2-4-9-19)16-27(32-18)33-22-11-7-10-20(14-22)28(35)34-26(29(36)37)15-21-17-30-24-13-6-5-12-23(21)24/h2-14,16-17,26,30H,15H2,1H3,(H,34,35)(H,36,37)(H,31,32,33). The number of hydrogen-bond acceptors (Lipinski definition) is 5. The fourth-order valence-corrected chi connectivity index (χ4v) is 4.24. The van der Waals surface area contributed by atoms with Gasteiger partial charge in [-0.15, -0.1) is 0 Å². The largest absolute Gasteiger partial charge is 0.480 e. The normalized spacial score (nSPS) is 11.7. The molecule has 1 unspecified atom stereocenters. The average molecular weight is 492 g/mol. The zero-order valence-corrected chi connectivity index (χ0v) is 20.1. The zero-order valence-electron chi connectivity index (χ0n) is 20.1. The number of carboxylic acid groups (broad SMARTS) is 1. The number of H-pyrrole nitrogens is 1. The second-order valence-corrected chi connectivity index (χ2v) is 8.69. The summed E-state index contributed by atoms with van der Waals surface area (Å²) < 4.78 is 0. The molecular weight excluding hydrogens is 466 g/mol. The van der Waals surface area contributed by atoms with Gasteiger partial charge in [0.15, 0.2) is 0 Å². The Hall–Kier alpha value is -4.98. The maximum atomic E-state index is 13.0. The molecule has 5 aromatic rings. The summed E-state index contributed by atoms with van der Waals surface area (Å²) >= 11 is 0. The topological polar surface area (TPSA) is 120 Å². The monoisotopic (exact) mass is 491 g/mol. The van der Waals surface area contributed by atoms with Gasteiger partial charge in [-0.3, -0.25) is 4.79 Å². The summed E-state index contributed by atoms with van der Waals surface area (Å²) in [4.78, 5) is 37.1. The number of nitrogens with zero attached hydrogens (tertiary/aromatic N) is 2. The highest BCUT2D eigenvalue weighted by atomic mass is 16.4. The molecule has 1 atom stereocenters. The highest BCUT2D eigenvalue weighted by Gasteiger charge is 2.22. The maximum Gasteiger partial charge on any atom is 0.326 e.